The third kappa shape index (κ3) is 6.11. The highest BCUT2D eigenvalue weighted by Crippen LogP contribution is 2.29. The number of amides is 2. The summed E-state index contributed by atoms with van der Waals surface area (Å²) in [6.07, 6.45) is 0.680. The number of ether oxygens (including phenoxy) is 1. The van der Waals surface area contributed by atoms with Crippen LogP contribution in [0.5, 0.6) is 5.75 Å². The van der Waals surface area contributed by atoms with Gasteiger partial charge in [0, 0.05) is 16.3 Å². The Kier molecular flexibility index (Phi) is 7.93. The first-order valence-corrected chi connectivity index (χ1v) is 11.5. The van der Waals surface area contributed by atoms with Crippen molar-refractivity contribution in [2.24, 2.45) is 0 Å². The van der Waals surface area contributed by atoms with E-state index in [1.54, 1.807) is 6.07 Å². The van der Waals surface area contributed by atoms with Crippen LogP contribution in [0, 0.1) is 0 Å². The van der Waals surface area contributed by atoms with Crippen molar-refractivity contribution in [3.63, 3.8) is 0 Å². The number of anilines is 2. The molecular weight excluding hydrogens is 416 g/mol. The Morgan fingerprint density at radius 2 is 1.80 bits per heavy atom. The highest BCUT2D eigenvalue weighted by molar-refractivity contribution is 8.00. The molecule has 156 valence electrons. The molecule has 0 aliphatic rings. The lowest BCUT2D eigenvalue weighted by Crippen LogP contribution is -2.24. The maximum Gasteiger partial charge on any atom is 0.265 e. The van der Waals surface area contributed by atoms with E-state index in [0.717, 1.165) is 16.3 Å². The van der Waals surface area contributed by atoms with Crippen LogP contribution in [0.1, 0.15) is 29.9 Å². The summed E-state index contributed by atoms with van der Waals surface area (Å²) in [7, 11) is 0. The van der Waals surface area contributed by atoms with E-state index in [0.29, 0.717) is 23.6 Å². The Hall–Kier alpha value is -2.77. The van der Waals surface area contributed by atoms with E-state index in [-0.39, 0.29) is 17.1 Å². The molecular formula is C23H24N2O3S2. The Morgan fingerprint density at radius 1 is 1.00 bits per heavy atom. The number of benzene rings is 2. The molecule has 0 saturated heterocycles. The molecule has 30 heavy (non-hydrogen) atoms. The molecule has 0 aliphatic heterocycles. The maximum atomic E-state index is 12.7. The number of carbonyl (C=O) groups excluding carboxylic acids is 2. The second-order valence-electron chi connectivity index (χ2n) is 6.42. The Labute approximate surface area is 184 Å². The minimum Gasteiger partial charge on any atom is -0.494 e. The molecule has 3 rings (SSSR count). The van der Waals surface area contributed by atoms with Gasteiger partial charge in [-0.1, -0.05) is 19.1 Å². The SMILES string of the molecule is CCOc1ccc(NC(=O)C(CC)Sc2cccc(NC(=O)c3cccs3)c2)cc1. The predicted octanol–water partition coefficient (Wildman–Crippen LogP) is 5.91. The van der Waals surface area contributed by atoms with Crippen molar-refractivity contribution in [1.29, 1.82) is 0 Å². The monoisotopic (exact) mass is 440 g/mol. The zero-order chi connectivity index (χ0) is 21.3. The molecule has 0 saturated carbocycles. The van der Waals surface area contributed by atoms with E-state index < -0.39 is 0 Å². The van der Waals surface area contributed by atoms with E-state index in [9.17, 15) is 9.59 Å². The Balaban J connectivity index is 1.61. The quantitative estimate of drug-likeness (QED) is 0.406. The molecule has 0 aliphatic carbocycles. The van der Waals surface area contributed by atoms with Gasteiger partial charge in [-0.05, 0) is 67.3 Å². The van der Waals surface area contributed by atoms with Gasteiger partial charge in [0.1, 0.15) is 5.75 Å². The van der Waals surface area contributed by atoms with Gasteiger partial charge in [-0.3, -0.25) is 9.59 Å². The van der Waals surface area contributed by atoms with E-state index in [1.807, 2.05) is 73.8 Å². The molecule has 3 aromatic rings. The van der Waals surface area contributed by atoms with Crippen LogP contribution >= 0.6 is 23.1 Å². The van der Waals surface area contributed by atoms with Gasteiger partial charge < -0.3 is 15.4 Å². The lowest BCUT2D eigenvalue weighted by Gasteiger charge is -2.16. The van der Waals surface area contributed by atoms with E-state index in [2.05, 4.69) is 10.6 Å². The summed E-state index contributed by atoms with van der Waals surface area (Å²) in [4.78, 5) is 26.6. The zero-order valence-corrected chi connectivity index (χ0v) is 18.5. The molecule has 0 radical (unpaired) electrons. The van der Waals surface area contributed by atoms with Crippen LogP contribution in [0.3, 0.4) is 0 Å². The first-order chi connectivity index (χ1) is 14.6. The normalized spacial score (nSPS) is 11.5. The fraction of sp³-hybridized carbons (Fsp3) is 0.217. The number of thioether (sulfide) groups is 1. The van der Waals surface area contributed by atoms with Gasteiger partial charge in [0.05, 0.1) is 16.7 Å². The van der Waals surface area contributed by atoms with Crippen LogP contribution in [0.4, 0.5) is 11.4 Å². The summed E-state index contributed by atoms with van der Waals surface area (Å²) in [5.41, 5.74) is 1.44. The maximum absolute atomic E-state index is 12.7. The molecule has 1 atom stereocenters. The summed E-state index contributed by atoms with van der Waals surface area (Å²) < 4.78 is 5.43. The molecule has 7 heteroatoms. The second kappa shape index (κ2) is 10.8. The highest BCUT2D eigenvalue weighted by atomic mass is 32.2. The summed E-state index contributed by atoms with van der Waals surface area (Å²) in [5, 5.41) is 7.49. The van der Waals surface area contributed by atoms with Crippen molar-refractivity contribution in [3.8, 4) is 5.75 Å². The number of rotatable bonds is 9. The Morgan fingerprint density at radius 3 is 2.47 bits per heavy atom. The number of hydrogen-bond donors (Lipinski definition) is 2. The first kappa shape index (κ1) is 21.9. The second-order valence-corrected chi connectivity index (χ2v) is 8.64. The molecule has 2 N–H and O–H groups in total. The lowest BCUT2D eigenvalue weighted by atomic mass is 10.2. The lowest BCUT2D eigenvalue weighted by molar-refractivity contribution is -0.115. The van der Waals surface area contributed by atoms with Crippen LogP contribution in [0.15, 0.2) is 70.9 Å². The van der Waals surface area contributed by atoms with Gasteiger partial charge in [0.2, 0.25) is 5.91 Å². The average Bonchev–Trinajstić information content (AvgIpc) is 3.29. The fourth-order valence-corrected chi connectivity index (χ4v) is 4.39. The zero-order valence-electron chi connectivity index (χ0n) is 16.9. The molecule has 1 unspecified atom stereocenters. The van der Waals surface area contributed by atoms with Crippen molar-refractivity contribution in [3.05, 3.63) is 70.9 Å². The minimum absolute atomic E-state index is 0.0558. The molecule has 2 aromatic carbocycles. The van der Waals surface area contributed by atoms with Crippen molar-refractivity contribution >= 4 is 46.3 Å². The number of nitrogens with one attached hydrogen (secondary N) is 2. The standard InChI is InChI=1S/C23H24N2O3S2/c1-3-20(22(26)24-16-10-12-18(13-11-16)28-4-2)30-19-8-5-7-17(15-19)25-23(27)21-9-6-14-29-21/h5-15,20H,3-4H2,1-2H3,(H,24,26)(H,25,27). The van der Waals surface area contributed by atoms with Gasteiger partial charge >= 0.3 is 0 Å². The largest absolute Gasteiger partial charge is 0.494 e. The number of carbonyl (C=O) groups is 2. The minimum atomic E-state index is -0.250. The Bertz CT molecular complexity index is 972. The van der Waals surface area contributed by atoms with Gasteiger partial charge in [-0.15, -0.1) is 23.1 Å². The van der Waals surface area contributed by atoms with Crippen LogP contribution in [-0.4, -0.2) is 23.7 Å². The molecule has 2 amide bonds. The van der Waals surface area contributed by atoms with Crippen molar-refractivity contribution in [2.45, 2.75) is 30.4 Å². The molecule has 1 aromatic heterocycles. The van der Waals surface area contributed by atoms with Crippen LogP contribution in [-0.2, 0) is 4.79 Å². The summed E-state index contributed by atoms with van der Waals surface area (Å²) in [5.74, 6) is 0.588. The average molecular weight is 441 g/mol. The van der Waals surface area contributed by atoms with Gasteiger partial charge in [-0.25, -0.2) is 0 Å². The van der Waals surface area contributed by atoms with Crippen LogP contribution in [0.25, 0.3) is 0 Å². The topological polar surface area (TPSA) is 67.4 Å². The number of hydrogen-bond acceptors (Lipinski definition) is 5. The van der Waals surface area contributed by atoms with E-state index >= 15 is 0 Å². The third-order valence-corrected chi connectivity index (χ3v) is 6.44. The third-order valence-electron chi connectivity index (χ3n) is 4.21. The van der Waals surface area contributed by atoms with E-state index in [1.165, 1.54) is 23.1 Å². The summed E-state index contributed by atoms with van der Waals surface area (Å²) >= 11 is 2.88. The smallest absolute Gasteiger partial charge is 0.265 e. The van der Waals surface area contributed by atoms with Crippen molar-refractivity contribution in [2.75, 3.05) is 17.2 Å². The molecule has 5 nitrogen and oxygen atoms in total. The van der Waals surface area contributed by atoms with Crippen molar-refractivity contribution < 1.29 is 14.3 Å². The molecule has 0 fully saturated rings. The van der Waals surface area contributed by atoms with E-state index in [4.69, 9.17) is 4.74 Å². The molecule has 0 spiro atoms. The summed E-state index contributed by atoms with van der Waals surface area (Å²) in [6, 6.07) is 18.5. The van der Waals surface area contributed by atoms with Gasteiger partial charge in [0.15, 0.2) is 0 Å². The van der Waals surface area contributed by atoms with Crippen molar-refractivity contribution in [1.82, 2.24) is 0 Å². The van der Waals surface area contributed by atoms with Gasteiger partial charge in [-0.2, -0.15) is 0 Å². The fourth-order valence-electron chi connectivity index (χ4n) is 2.76. The van der Waals surface area contributed by atoms with Gasteiger partial charge in [0.25, 0.3) is 5.91 Å². The molecule has 1 heterocycles. The first-order valence-electron chi connectivity index (χ1n) is 9.74. The highest BCUT2D eigenvalue weighted by Gasteiger charge is 2.18. The van der Waals surface area contributed by atoms with Crippen LogP contribution in [0.2, 0.25) is 0 Å². The van der Waals surface area contributed by atoms with Crippen LogP contribution < -0.4 is 15.4 Å². The molecule has 0 bridgehead atoms. The number of thiophene rings is 1. The summed E-state index contributed by atoms with van der Waals surface area (Å²) in [6.45, 7) is 4.52. The predicted molar refractivity (Wildman–Crippen MR) is 125 cm³/mol.